The van der Waals surface area contributed by atoms with E-state index in [1.807, 2.05) is 0 Å². The Morgan fingerprint density at radius 2 is 1.80 bits per heavy atom. The number of halogens is 1. The molecule has 2 N–H and O–H groups in total. The molecule has 0 bridgehead atoms. The summed E-state index contributed by atoms with van der Waals surface area (Å²) in [6.07, 6.45) is 5.54. The molecule has 0 saturated carbocycles. The van der Waals surface area contributed by atoms with Gasteiger partial charge in [-0.1, -0.05) is 22.4 Å². The number of alkyl halides is 1. The molecular weight excluding hydrogens is 320 g/mol. The van der Waals surface area contributed by atoms with Gasteiger partial charge in [0.05, 0.1) is 6.10 Å². The molecule has 1 aliphatic heterocycles. The van der Waals surface area contributed by atoms with Crippen molar-refractivity contribution in [2.45, 2.75) is 83.4 Å². The third-order valence-corrected chi connectivity index (χ3v) is 4.09. The quantitative estimate of drug-likeness (QED) is 0.421. The van der Waals surface area contributed by atoms with Gasteiger partial charge in [-0.25, -0.2) is 5.48 Å². The van der Waals surface area contributed by atoms with Crippen molar-refractivity contribution < 1.29 is 9.63 Å². The smallest absolute Gasteiger partial charge is 0.243 e. The zero-order chi connectivity index (χ0) is 15.2. The monoisotopic (exact) mass is 348 g/mol. The molecule has 0 atom stereocenters. The lowest BCUT2D eigenvalue weighted by molar-refractivity contribution is -0.143. The fraction of sp³-hybridized carbons (Fsp3) is 0.933. The minimum Gasteiger partial charge on any atom is -0.307 e. The summed E-state index contributed by atoms with van der Waals surface area (Å²) in [5.41, 5.74) is 2.70. The molecule has 5 heteroatoms. The minimum atomic E-state index is -0.00582. The second-order valence-corrected chi connectivity index (χ2v) is 7.86. The minimum absolute atomic E-state index is 0.00582. The second-order valence-electron chi connectivity index (χ2n) is 7.07. The number of amides is 1. The molecular formula is C15H29BrN2O2. The van der Waals surface area contributed by atoms with Gasteiger partial charge in [0.25, 0.3) is 0 Å². The number of carbonyl (C=O) groups excluding carboxylic acids is 1. The number of carbonyl (C=O) groups is 1. The lowest BCUT2D eigenvalue weighted by Crippen LogP contribution is -2.60. The second kappa shape index (κ2) is 7.76. The molecule has 0 aromatic carbocycles. The van der Waals surface area contributed by atoms with E-state index in [4.69, 9.17) is 4.84 Å². The Bertz CT molecular complexity index is 303. The predicted molar refractivity (Wildman–Crippen MR) is 85.8 cm³/mol. The first-order chi connectivity index (χ1) is 9.24. The van der Waals surface area contributed by atoms with E-state index >= 15 is 0 Å². The normalized spacial score (nSPS) is 21.6. The standard InChI is InChI=1S/C15H29BrN2O2/c1-14(2)10-12(11-15(3,4)18-14)20-17-13(19)8-6-5-7-9-16/h12,18H,5-11H2,1-4H3,(H,17,19). The van der Waals surface area contributed by atoms with Gasteiger partial charge in [0.2, 0.25) is 5.91 Å². The van der Waals surface area contributed by atoms with Gasteiger partial charge in [-0.05, 0) is 53.4 Å². The van der Waals surface area contributed by atoms with E-state index in [9.17, 15) is 4.79 Å². The molecule has 0 aromatic heterocycles. The molecule has 1 saturated heterocycles. The molecule has 20 heavy (non-hydrogen) atoms. The van der Waals surface area contributed by atoms with Gasteiger partial charge in [0.15, 0.2) is 0 Å². The van der Waals surface area contributed by atoms with Gasteiger partial charge in [0.1, 0.15) is 0 Å². The zero-order valence-electron chi connectivity index (χ0n) is 13.2. The summed E-state index contributed by atoms with van der Waals surface area (Å²) in [4.78, 5) is 17.3. The lowest BCUT2D eigenvalue weighted by atomic mass is 9.81. The Labute approximate surface area is 131 Å². The average Bonchev–Trinajstić information content (AvgIpc) is 2.28. The maximum atomic E-state index is 11.7. The number of rotatable bonds is 7. The maximum absolute atomic E-state index is 11.7. The first-order valence-electron chi connectivity index (χ1n) is 7.54. The Kier molecular flexibility index (Phi) is 6.95. The molecule has 0 aromatic rings. The van der Waals surface area contributed by atoms with E-state index < -0.39 is 0 Å². The van der Waals surface area contributed by atoms with Crippen LogP contribution in [0.25, 0.3) is 0 Å². The highest BCUT2D eigenvalue weighted by molar-refractivity contribution is 9.09. The fourth-order valence-electron chi connectivity index (χ4n) is 3.07. The molecule has 4 nitrogen and oxygen atoms in total. The Morgan fingerprint density at radius 1 is 1.20 bits per heavy atom. The Balaban J connectivity index is 2.28. The van der Waals surface area contributed by atoms with Gasteiger partial charge < -0.3 is 5.32 Å². The van der Waals surface area contributed by atoms with Gasteiger partial charge in [-0.2, -0.15) is 0 Å². The van der Waals surface area contributed by atoms with Gasteiger partial charge >= 0.3 is 0 Å². The number of piperidine rings is 1. The van der Waals surface area contributed by atoms with Gasteiger partial charge in [-0.3, -0.25) is 9.63 Å². The van der Waals surface area contributed by atoms with Crippen LogP contribution in [0.2, 0.25) is 0 Å². The third-order valence-electron chi connectivity index (χ3n) is 3.53. The third kappa shape index (κ3) is 7.04. The van der Waals surface area contributed by atoms with Crippen LogP contribution in [-0.2, 0) is 9.63 Å². The summed E-state index contributed by atoms with van der Waals surface area (Å²) in [6.45, 7) is 8.69. The van der Waals surface area contributed by atoms with Gasteiger partial charge in [0, 0.05) is 22.8 Å². The van der Waals surface area contributed by atoms with Crippen LogP contribution in [0.15, 0.2) is 0 Å². The number of hydroxylamine groups is 1. The van der Waals surface area contributed by atoms with Crippen molar-refractivity contribution in [1.82, 2.24) is 10.8 Å². The molecule has 1 fully saturated rings. The number of hydrogen-bond donors (Lipinski definition) is 2. The molecule has 0 radical (unpaired) electrons. The van der Waals surface area contributed by atoms with Crippen molar-refractivity contribution in [3.63, 3.8) is 0 Å². The molecule has 118 valence electrons. The molecule has 0 unspecified atom stereocenters. The highest BCUT2D eigenvalue weighted by Gasteiger charge is 2.38. The Hall–Kier alpha value is -0.130. The van der Waals surface area contributed by atoms with E-state index in [2.05, 4.69) is 54.4 Å². The summed E-state index contributed by atoms with van der Waals surface area (Å²) >= 11 is 3.39. The van der Waals surface area contributed by atoms with Crippen molar-refractivity contribution in [2.75, 3.05) is 5.33 Å². The maximum Gasteiger partial charge on any atom is 0.243 e. The summed E-state index contributed by atoms with van der Waals surface area (Å²) in [5, 5.41) is 4.61. The number of nitrogens with one attached hydrogen (secondary N) is 2. The molecule has 0 spiro atoms. The van der Waals surface area contributed by atoms with Crippen molar-refractivity contribution in [2.24, 2.45) is 0 Å². The molecule has 1 rings (SSSR count). The lowest BCUT2D eigenvalue weighted by Gasteiger charge is -2.45. The topological polar surface area (TPSA) is 50.4 Å². The summed E-state index contributed by atoms with van der Waals surface area (Å²) < 4.78 is 0. The van der Waals surface area contributed by atoms with Crippen molar-refractivity contribution >= 4 is 21.8 Å². The highest BCUT2D eigenvalue weighted by Crippen LogP contribution is 2.29. The SMILES string of the molecule is CC1(C)CC(ONC(=O)CCCCCBr)CC(C)(C)N1. The summed E-state index contributed by atoms with van der Waals surface area (Å²) in [5.74, 6) is -0.00582. The first kappa shape index (κ1) is 17.9. The van der Waals surface area contributed by atoms with Crippen LogP contribution in [-0.4, -0.2) is 28.4 Å². The fourth-order valence-corrected chi connectivity index (χ4v) is 3.47. The van der Waals surface area contributed by atoms with E-state index in [0.717, 1.165) is 37.4 Å². The Morgan fingerprint density at radius 3 is 2.35 bits per heavy atom. The van der Waals surface area contributed by atoms with Crippen LogP contribution >= 0.6 is 15.9 Å². The van der Waals surface area contributed by atoms with E-state index in [0.29, 0.717) is 6.42 Å². The summed E-state index contributed by atoms with van der Waals surface area (Å²) in [6, 6.07) is 0. The number of hydrogen-bond acceptors (Lipinski definition) is 3. The summed E-state index contributed by atoms with van der Waals surface area (Å²) in [7, 11) is 0. The van der Waals surface area contributed by atoms with Crippen molar-refractivity contribution in [3.05, 3.63) is 0 Å². The largest absolute Gasteiger partial charge is 0.307 e. The van der Waals surface area contributed by atoms with Crippen LogP contribution in [0.4, 0.5) is 0 Å². The van der Waals surface area contributed by atoms with Crippen molar-refractivity contribution in [3.8, 4) is 0 Å². The highest BCUT2D eigenvalue weighted by atomic mass is 79.9. The van der Waals surface area contributed by atoms with Crippen LogP contribution in [0.3, 0.4) is 0 Å². The van der Waals surface area contributed by atoms with E-state index in [1.54, 1.807) is 0 Å². The predicted octanol–water partition coefficient (Wildman–Crippen LogP) is 3.30. The van der Waals surface area contributed by atoms with Crippen molar-refractivity contribution in [1.29, 1.82) is 0 Å². The van der Waals surface area contributed by atoms with Crippen LogP contribution in [0.5, 0.6) is 0 Å². The zero-order valence-corrected chi connectivity index (χ0v) is 14.8. The van der Waals surface area contributed by atoms with Gasteiger partial charge in [-0.15, -0.1) is 0 Å². The number of unbranched alkanes of at least 4 members (excludes halogenated alkanes) is 2. The van der Waals surface area contributed by atoms with E-state index in [1.165, 1.54) is 0 Å². The molecule has 1 aliphatic rings. The van der Waals surface area contributed by atoms with Crippen LogP contribution < -0.4 is 10.8 Å². The van der Waals surface area contributed by atoms with Crippen LogP contribution in [0.1, 0.15) is 66.2 Å². The first-order valence-corrected chi connectivity index (χ1v) is 8.66. The molecule has 1 amide bonds. The molecule has 0 aliphatic carbocycles. The van der Waals surface area contributed by atoms with Crippen LogP contribution in [0, 0.1) is 0 Å². The molecule has 1 heterocycles. The van der Waals surface area contributed by atoms with E-state index in [-0.39, 0.29) is 23.1 Å². The average molecular weight is 349 g/mol.